The van der Waals surface area contributed by atoms with Gasteiger partial charge in [-0.1, -0.05) is 30.3 Å². The van der Waals surface area contributed by atoms with E-state index in [9.17, 15) is 4.79 Å². The summed E-state index contributed by atoms with van der Waals surface area (Å²) >= 11 is 0. The molecule has 0 saturated heterocycles. The summed E-state index contributed by atoms with van der Waals surface area (Å²) < 4.78 is 4.74. The number of nitrogens with one attached hydrogen (secondary N) is 2. The first kappa shape index (κ1) is 17.4. The molecule has 3 aromatic rings. The normalized spacial score (nSPS) is 10.2. The number of aromatic nitrogens is 2. The highest BCUT2D eigenvalue weighted by Gasteiger charge is 2.06. The van der Waals surface area contributed by atoms with Gasteiger partial charge in [-0.15, -0.1) is 0 Å². The highest BCUT2D eigenvalue weighted by Crippen LogP contribution is 2.17. The van der Waals surface area contributed by atoms with Crippen molar-refractivity contribution < 1.29 is 9.53 Å². The molecule has 0 aliphatic carbocycles. The van der Waals surface area contributed by atoms with Gasteiger partial charge < -0.3 is 15.4 Å². The van der Waals surface area contributed by atoms with Crippen LogP contribution in [0.25, 0.3) is 0 Å². The van der Waals surface area contributed by atoms with Crippen LogP contribution in [0, 0.1) is 6.92 Å². The number of benzene rings is 2. The number of esters is 1. The summed E-state index contributed by atoms with van der Waals surface area (Å²) in [5.74, 6) is 0.786. The molecule has 0 aliphatic heterocycles. The molecule has 0 radical (unpaired) electrons. The molecular weight excluding hydrogens is 328 g/mol. The van der Waals surface area contributed by atoms with E-state index in [1.165, 1.54) is 18.2 Å². The van der Waals surface area contributed by atoms with Crippen LogP contribution in [-0.4, -0.2) is 23.0 Å². The van der Waals surface area contributed by atoms with Crippen LogP contribution in [0.4, 0.5) is 17.5 Å². The molecule has 0 unspecified atom stereocenters. The zero-order valence-corrected chi connectivity index (χ0v) is 14.7. The van der Waals surface area contributed by atoms with Crippen molar-refractivity contribution in [2.75, 3.05) is 17.7 Å². The number of anilines is 3. The Morgan fingerprint density at radius 1 is 1.12 bits per heavy atom. The van der Waals surface area contributed by atoms with Gasteiger partial charge in [-0.25, -0.2) is 9.78 Å². The van der Waals surface area contributed by atoms with E-state index in [1.54, 1.807) is 30.5 Å². The predicted molar refractivity (Wildman–Crippen MR) is 102 cm³/mol. The highest BCUT2D eigenvalue weighted by atomic mass is 16.5. The van der Waals surface area contributed by atoms with E-state index < -0.39 is 0 Å². The average Bonchev–Trinajstić information content (AvgIpc) is 2.67. The zero-order valence-electron chi connectivity index (χ0n) is 14.7. The lowest BCUT2D eigenvalue weighted by molar-refractivity contribution is 0.0601. The first-order valence-corrected chi connectivity index (χ1v) is 8.22. The lowest BCUT2D eigenvalue weighted by Crippen LogP contribution is -2.06. The molecule has 0 spiro atoms. The topological polar surface area (TPSA) is 76.1 Å². The maximum Gasteiger partial charge on any atom is 0.337 e. The number of nitrogens with zero attached hydrogens (tertiary/aromatic N) is 2. The van der Waals surface area contributed by atoms with Crippen LogP contribution in [0.3, 0.4) is 0 Å². The van der Waals surface area contributed by atoms with Crippen molar-refractivity contribution in [3.05, 3.63) is 77.5 Å². The monoisotopic (exact) mass is 348 g/mol. The Morgan fingerprint density at radius 3 is 2.77 bits per heavy atom. The second-order valence-corrected chi connectivity index (χ2v) is 5.74. The number of carbonyl (C=O) groups excluding carboxylic acids is 1. The Hall–Kier alpha value is -3.41. The number of hydrogen-bond donors (Lipinski definition) is 2. The van der Waals surface area contributed by atoms with Gasteiger partial charge in [0.1, 0.15) is 5.82 Å². The molecular formula is C20H20N4O2. The lowest BCUT2D eigenvalue weighted by atomic mass is 10.1. The standard InChI is InChI=1S/C20H20N4O2/c1-14-6-3-4-7-16(14)13-22-20-21-11-10-18(24-20)23-17-9-5-8-15(12-17)19(25)26-2/h3-12H,13H2,1-2H3,(H2,21,22,23,24). The Morgan fingerprint density at radius 2 is 1.96 bits per heavy atom. The van der Waals surface area contributed by atoms with Crippen LogP contribution in [0.1, 0.15) is 21.5 Å². The van der Waals surface area contributed by atoms with E-state index >= 15 is 0 Å². The van der Waals surface area contributed by atoms with Crippen LogP contribution < -0.4 is 10.6 Å². The first-order chi connectivity index (χ1) is 12.7. The van der Waals surface area contributed by atoms with Gasteiger partial charge in [0.2, 0.25) is 5.95 Å². The molecule has 3 rings (SSSR count). The fraction of sp³-hybridized carbons (Fsp3) is 0.150. The Labute approximate surface area is 152 Å². The van der Waals surface area contributed by atoms with Gasteiger partial charge in [-0.2, -0.15) is 4.98 Å². The number of carbonyl (C=O) groups is 1. The molecule has 0 fully saturated rings. The van der Waals surface area contributed by atoms with Crippen molar-refractivity contribution in [3.63, 3.8) is 0 Å². The van der Waals surface area contributed by atoms with Gasteiger partial charge >= 0.3 is 5.97 Å². The fourth-order valence-corrected chi connectivity index (χ4v) is 2.49. The molecule has 26 heavy (non-hydrogen) atoms. The molecule has 1 heterocycles. The van der Waals surface area contributed by atoms with Crippen LogP contribution >= 0.6 is 0 Å². The first-order valence-electron chi connectivity index (χ1n) is 8.22. The summed E-state index contributed by atoms with van der Waals surface area (Å²) in [5.41, 5.74) is 3.63. The van der Waals surface area contributed by atoms with E-state index in [0.717, 1.165) is 5.69 Å². The van der Waals surface area contributed by atoms with Crippen molar-refractivity contribution >= 4 is 23.4 Å². The molecule has 6 nitrogen and oxygen atoms in total. The minimum absolute atomic E-state index is 0.378. The van der Waals surface area contributed by atoms with E-state index in [4.69, 9.17) is 4.74 Å². The van der Waals surface area contributed by atoms with Crippen LogP contribution in [0.5, 0.6) is 0 Å². The van der Waals surface area contributed by atoms with Crippen LogP contribution in [0.2, 0.25) is 0 Å². The van der Waals surface area contributed by atoms with Crippen molar-refractivity contribution in [2.45, 2.75) is 13.5 Å². The number of rotatable bonds is 6. The SMILES string of the molecule is COC(=O)c1cccc(Nc2ccnc(NCc3ccccc3C)n2)c1. The second kappa shape index (κ2) is 8.11. The Balaban J connectivity index is 1.70. The minimum atomic E-state index is -0.378. The van der Waals surface area contributed by atoms with Gasteiger partial charge in [-0.05, 0) is 42.3 Å². The Kier molecular flexibility index (Phi) is 5.43. The van der Waals surface area contributed by atoms with E-state index in [0.29, 0.717) is 23.9 Å². The molecule has 0 saturated carbocycles. The highest BCUT2D eigenvalue weighted by molar-refractivity contribution is 5.90. The van der Waals surface area contributed by atoms with Crippen LogP contribution in [0.15, 0.2) is 60.8 Å². The zero-order chi connectivity index (χ0) is 18.4. The molecule has 132 valence electrons. The fourth-order valence-electron chi connectivity index (χ4n) is 2.49. The predicted octanol–water partition coefficient (Wildman–Crippen LogP) is 3.93. The van der Waals surface area contributed by atoms with Crippen LogP contribution in [-0.2, 0) is 11.3 Å². The average molecular weight is 348 g/mol. The second-order valence-electron chi connectivity index (χ2n) is 5.74. The van der Waals surface area contributed by atoms with Crippen molar-refractivity contribution in [1.82, 2.24) is 9.97 Å². The number of ether oxygens (including phenoxy) is 1. The van der Waals surface area contributed by atoms with Crippen molar-refractivity contribution in [1.29, 1.82) is 0 Å². The lowest BCUT2D eigenvalue weighted by Gasteiger charge is -2.10. The van der Waals surface area contributed by atoms with Gasteiger partial charge in [-0.3, -0.25) is 0 Å². The summed E-state index contributed by atoms with van der Waals surface area (Å²) in [5, 5.41) is 6.40. The van der Waals surface area contributed by atoms with Crippen molar-refractivity contribution in [3.8, 4) is 0 Å². The number of methoxy groups -OCH3 is 1. The Bertz CT molecular complexity index is 912. The summed E-state index contributed by atoms with van der Waals surface area (Å²) in [6, 6.07) is 17.0. The molecule has 0 atom stereocenters. The third-order valence-electron chi connectivity index (χ3n) is 3.91. The third-order valence-corrected chi connectivity index (χ3v) is 3.91. The summed E-state index contributed by atoms with van der Waals surface area (Å²) in [6.45, 7) is 2.72. The summed E-state index contributed by atoms with van der Waals surface area (Å²) in [4.78, 5) is 20.3. The van der Waals surface area contributed by atoms with Gasteiger partial charge in [0.15, 0.2) is 0 Å². The largest absolute Gasteiger partial charge is 0.465 e. The van der Waals surface area contributed by atoms with Gasteiger partial charge in [0.25, 0.3) is 0 Å². The maximum atomic E-state index is 11.6. The molecule has 6 heteroatoms. The summed E-state index contributed by atoms with van der Waals surface area (Å²) in [6.07, 6.45) is 1.68. The molecule has 0 aliphatic rings. The maximum absolute atomic E-state index is 11.6. The summed E-state index contributed by atoms with van der Waals surface area (Å²) in [7, 11) is 1.36. The molecule has 2 N–H and O–H groups in total. The van der Waals surface area contributed by atoms with E-state index in [2.05, 4.69) is 39.7 Å². The molecule has 0 amide bonds. The third kappa shape index (κ3) is 4.36. The van der Waals surface area contributed by atoms with Gasteiger partial charge in [0, 0.05) is 18.4 Å². The number of aryl methyl sites for hydroxylation is 1. The van der Waals surface area contributed by atoms with Crippen molar-refractivity contribution in [2.24, 2.45) is 0 Å². The van der Waals surface area contributed by atoms with E-state index in [1.807, 2.05) is 18.2 Å². The molecule has 2 aromatic carbocycles. The molecule has 0 bridgehead atoms. The smallest absolute Gasteiger partial charge is 0.337 e. The van der Waals surface area contributed by atoms with Gasteiger partial charge in [0.05, 0.1) is 12.7 Å². The quantitative estimate of drug-likeness (QED) is 0.658. The minimum Gasteiger partial charge on any atom is -0.465 e. The number of hydrogen-bond acceptors (Lipinski definition) is 6. The molecule has 1 aromatic heterocycles. The van der Waals surface area contributed by atoms with E-state index in [-0.39, 0.29) is 5.97 Å².